The predicted molar refractivity (Wildman–Crippen MR) is 184 cm³/mol. The van der Waals surface area contributed by atoms with Crippen molar-refractivity contribution in [3.63, 3.8) is 0 Å². The second kappa shape index (κ2) is 10.2. The fourth-order valence-electron chi connectivity index (χ4n) is 6.34. The lowest BCUT2D eigenvalue weighted by atomic mass is 9.96. The van der Waals surface area contributed by atoms with Crippen molar-refractivity contribution < 1.29 is 4.42 Å². The summed E-state index contributed by atoms with van der Waals surface area (Å²) in [6.07, 6.45) is 0. The molecule has 0 aliphatic rings. The van der Waals surface area contributed by atoms with Crippen LogP contribution in [-0.2, 0) is 0 Å². The molecule has 0 spiro atoms. The van der Waals surface area contributed by atoms with Crippen LogP contribution in [0.3, 0.4) is 0 Å². The van der Waals surface area contributed by atoms with E-state index < -0.39 is 0 Å². The first-order chi connectivity index (χ1) is 22.3. The maximum atomic E-state index is 6.72. The Morgan fingerprint density at radius 1 is 0.378 bits per heavy atom. The SMILES string of the molecule is c1ccc(-c2nc(-c3ccc4ccccc4c3)nc(-c3ccc(-c4ccccc4)c4oc5ccc6ccccc6c5c34)n2)cc1. The summed E-state index contributed by atoms with van der Waals surface area (Å²) in [4.78, 5) is 15.3. The molecular weight excluding hydrogens is 550 g/mol. The van der Waals surface area contributed by atoms with E-state index in [0.717, 1.165) is 65.9 Å². The van der Waals surface area contributed by atoms with Gasteiger partial charge in [-0.15, -0.1) is 0 Å². The molecule has 0 saturated heterocycles. The molecule has 0 fully saturated rings. The summed E-state index contributed by atoms with van der Waals surface area (Å²) in [5.41, 5.74) is 6.55. The fraction of sp³-hybridized carbons (Fsp3) is 0. The van der Waals surface area contributed by atoms with E-state index in [1.54, 1.807) is 0 Å². The Bertz CT molecular complexity index is 2540. The van der Waals surface area contributed by atoms with Crippen LogP contribution in [-0.4, -0.2) is 15.0 Å². The van der Waals surface area contributed by atoms with Gasteiger partial charge >= 0.3 is 0 Å². The zero-order chi connectivity index (χ0) is 29.7. The smallest absolute Gasteiger partial charge is 0.164 e. The Morgan fingerprint density at radius 2 is 0.978 bits per heavy atom. The lowest BCUT2D eigenvalue weighted by Crippen LogP contribution is -2.00. The molecule has 0 aliphatic carbocycles. The minimum Gasteiger partial charge on any atom is -0.455 e. The van der Waals surface area contributed by atoms with Gasteiger partial charge < -0.3 is 4.42 Å². The maximum absolute atomic E-state index is 6.72. The molecule has 9 aromatic rings. The van der Waals surface area contributed by atoms with Crippen molar-refractivity contribution >= 4 is 43.5 Å². The molecule has 0 aliphatic heterocycles. The van der Waals surface area contributed by atoms with Gasteiger partial charge in [-0.1, -0.05) is 127 Å². The maximum Gasteiger partial charge on any atom is 0.164 e. The number of fused-ring (bicyclic) bond motifs is 6. The quantitative estimate of drug-likeness (QED) is 0.209. The van der Waals surface area contributed by atoms with Crippen LogP contribution in [0.1, 0.15) is 0 Å². The van der Waals surface area contributed by atoms with Crippen LogP contribution in [0.4, 0.5) is 0 Å². The number of hydrogen-bond acceptors (Lipinski definition) is 4. The first-order valence-corrected chi connectivity index (χ1v) is 15.0. The highest BCUT2D eigenvalue weighted by Crippen LogP contribution is 2.44. The summed E-state index contributed by atoms with van der Waals surface area (Å²) in [5.74, 6) is 1.86. The van der Waals surface area contributed by atoms with Gasteiger partial charge in [0.15, 0.2) is 17.5 Å². The molecule has 0 radical (unpaired) electrons. The molecule has 0 saturated carbocycles. The summed E-state index contributed by atoms with van der Waals surface area (Å²) in [7, 11) is 0. The van der Waals surface area contributed by atoms with E-state index in [1.807, 2.05) is 36.4 Å². The zero-order valence-electron chi connectivity index (χ0n) is 24.2. The molecule has 7 aromatic carbocycles. The van der Waals surface area contributed by atoms with Gasteiger partial charge in [-0.3, -0.25) is 0 Å². The molecule has 4 nitrogen and oxygen atoms in total. The molecule has 0 N–H and O–H groups in total. The topological polar surface area (TPSA) is 51.8 Å². The van der Waals surface area contributed by atoms with Crippen LogP contribution in [0.5, 0.6) is 0 Å². The Kier molecular flexibility index (Phi) is 5.78. The van der Waals surface area contributed by atoms with Crippen molar-refractivity contribution in [2.45, 2.75) is 0 Å². The Morgan fingerprint density at radius 3 is 1.78 bits per heavy atom. The zero-order valence-corrected chi connectivity index (χ0v) is 24.2. The Hall–Kier alpha value is -6.13. The average molecular weight is 576 g/mol. The molecular formula is C41H25N3O. The highest BCUT2D eigenvalue weighted by atomic mass is 16.3. The average Bonchev–Trinajstić information content (AvgIpc) is 3.52. The number of nitrogens with zero attached hydrogens (tertiary/aromatic N) is 3. The summed E-state index contributed by atoms with van der Waals surface area (Å²) in [6, 6.07) is 52.1. The molecule has 2 heterocycles. The van der Waals surface area contributed by atoms with Crippen molar-refractivity contribution in [2.24, 2.45) is 0 Å². The highest BCUT2D eigenvalue weighted by Gasteiger charge is 2.22. The molecule has 45 heavy (non-hydrogen) atoms. The summed E-state index contributed by atoms with van der Waals surface area (Å²) in [6.45, 7) is 0. The van der Waals surface area contributed by atoms with Gasteiger partial charge in [-0.05, 0) is 51.4 Å². The van der Waals surface area contributed by atoms with Crippen molar-refractivity contribution in [1.82, 2.24) is 15.0 Å². The van der Waals surface area contributed by atoms with Gasteiger partial charge in [0.2, 0.25) is 0 Å². The van der Waals surface area contributed by atoms with Crippen LogP contribution in [0.2, 0.25) is 0 Å². The van der Waals surface area contributed by atoms with E-state index in [1.165, 1.54) is 5.39 Å². The van der Waals surface area contributed by atoms with Crippen LogP contribution in [0.15, 0.2) is 156 Å². The second-order valence-electron chi connectivity index (χ2n) is 11.2. The first-order valence-electron chi connectivity index (χ1n) is 15.0. The van der Waals surface area contributed by atoms with Crippen LogP contribution in [0.25, 0.3) is 88.8 Å². The van der Waals surface area contributed by atoms with Crippen LogP contribution >= 0.6 is 0 Å². The predicted octanol–water partition coefficient (Wildman–Crippen LogP) is 10.7. The van der Waals surface area contributed by atoms with E-state index >= 15 is 0 Å². The molecule has 9 rings (SSSR count). The van der Waals surface area contributed by atoms with Crippen molar-refractivity contribution in [3.8, 4) is 45.3 Å². The van der Waals surface area contributed by atoms with Gasteiger partial charge in [-0.2, -0.15) is 0 Å². The molecule has 210 valence electrons. The van der Waals surface area contributed by atoms with E-state index in [0.29, 0.717) is 17.5 Å². The van der Waals surface area contributed by atoms with E-state index in [9.17, 15) is 0 Å². The van der Waals surface area contributed by atoms with Crippen LogP contribution in [0, 0.1) is 0 Å². The van der Waals surface area contributed by atoms with Gasteiger partial charge in [-0.25, -0.2) is 15.0 Å². The van der Waals surface area contributed by atoms with E-state index in [2.05, 4.69) is 115 Å². The molecule has 0 bridgehead atoms. The Labute approximate surface area is 259 Å². The molecule has 4 heteroatoms. The normalized spacial score (nSPS) is 11.6. The monoisotopic (exact) mass is 575 g/mol. The third-order valence-corrected chi connectivity index (χ3v) is 8.51. The lowest BCUT2D eigenvalue weighted by molar-refractivity contribution is 0.670. The van der Waals surface area contributed by atoms with Crippen molar-refractivity contribution in [3.05, 3.63) is 152 Å². The van der Waals surface area contributed by atoms with Gasteiger partial charge in [0.1, 0.15) is 11.2 Å². The lowest BCUT2D eigenvalue weighted by Gasteiger charge is -2.11. The molecule has 2 aromatic heterocycles. The minimum absolute atomic E-state index is 0.604. The van der Waals surface area contributed by atoms with Gasteiger partial charge in [0.05, 0.1) is 0 Å². The molecule has 0 unspecified atom stereocenters. The van der Waals surface area contributed by atoms with Crippen molar-refractivity contribution in [1.29, 1.82) is 0 Å². The fourth-order valence-corrected chi connectivity index (χ4v) is 6.34. The number of benzene rings is 7. The number of rotatable bonds is 4. The minimum atomic E-state index is 0.604. The first kappa shape index (κ1) is 25.4. The van der Waals surface area contributed by atoms with Crippen LogP contribution < -0.4 is 0 Å². The summed E-state index contributed by atoms with van der Waals surface area (Å²) < 4.78 is 6.72. The van der Waals surface area contributed by atoms with Crippen molar-refractivity contribution in [2.75, 3.05) is 0 Å². The van der Waals surface area contributed by atoms with Gasteiger partial charge in [0.25, 0.3) is 0 Å². The molecule has 0 atom stereocenters. The summed E-state index contributed by atoms with van der Waals surface area (Å²) in [5, 5.41) is 6.66. The summed E-state index contributed by atoms with van der Waals surface area (Å²) >= 11 is 0. The number of aromatic nitrogens is 3. The second-order valence-corrected chi connectivity index (χ2v) is 11.2. The van der Waals surface area contributed by atoms with E-state index in [4.69, 9.17) is 19.4 Å². The Balaban J connectivity index is 1.38. The van der Waals surface area contributed by atoms with E-state index in [-0.39, 0.29) is 0 Å². The van der Waals surface area contributed by atoms with Gasteiger partial charge in [0, 0.05) is 33.0 Å². The number of furan rings is 1. The third kappa shape index (κ3) is 4.27. The third-order valence-electron chi connectivity index (χ3n) is 8.51. The number of hydrogen-bond donors (Lipinski definition) is 0. The molecule has 0 amide bonds. The standard InChI is InChI=1S/C41H25N3O/c1-3-12-27(13-4-1)33-22-23-34(37-36-32-18-10-9-14-28(32)21-24-35(36)45-38(33)37)41-43-39(29-15-5-2-6-16-29)42-40(44-41)31-20-19-26-11-7-8-17-30(26)25-31/h1-25H. The highest BCUT2D eigenvalue weighted by molar-refractivity contribution is 6.24. The largest absolute Gasteiger partial charge is 0.455 e.